The summed E-state index contributed by atoms with van der Waals surface area (Å²) in [5, 5.41) is 0.729. The Balaban J connectivity index is 2.23. The molecule has 1 aliphatic carbocycles. The van der Waals surface area contributed by atoms with Crippen LogP contribution in [0.2, 0.25) is 5.02 Å². The summed E-state index contributed by atoms with van der Waals surface area (Å²) in [5.74, 6) is 1.73. The van der Waals surface area contributed by atoms with Crippen molar-refractivity contribution in [3.63, 3.8) is 0 Å². The maximum Gasteiger partial charge on any atom is 0.123 e. The van der Waals surface area contributed by atoms with Gasteiger partial charge >= 0.3 is 0 Å². The van der Waals surface area contributed by atoms with Gasteiger partial charge in [-0.1, -0.05) is 41.9 Å². The Labute approximate surface area is 142 Å². The van der Waals surface area contributed by atoms with Crippen LogP contribution in [0.3, 0.4) is 0 Å². The van der Waals surface area contributed by atoms with Crippen LogP contribution in [-0.4, -0.2) is 14.2 Å². The molecule has 0 spiro atoms. The monoisotopic (exact) mass is 326 g/mol. The van der Waals surface area contributed by atoms with E-state index in [-0.39, 0.29) is 0 Å². The van der Waals surface area contributed by atoms with Crippen LogP contribution in [-0.2, 0) is 4.74 Å². The van der Waals surface area contributed by atoms with Gasteiger partial charge in [0.15, 0.2) is 0 Å². The average Bonchev–Trinajstić information content (AvgIpc) is 2.61. The molecule has 0 saturated carbocycles. The normalized spacial score (nSPS) is 14.5. The number of allylic oxidation sites excluding steroid dienone is 3. The number of hydrogen-bond acceptors (Lipinski definition) is 2. The van der Waals surface area contributed by atoms with E-state index in [2.05, 4.69) is 18.2 Å². The summed E-state index contributed by atoms with van der Waals surface area (Å²) in [6, 6.07) is 16.0. The molecule has 0 aromatic heterocycles. The van der Waals surface area contributed by atoms with Crippen molar-refractivity contribution in [2.75, 3.05) is 14.2 Å². The Morgan fingerprint density at radius 3 is 2.52 bits per heavy atom. The lowest BCUT2D eigenvalue weighted by Gasteiger charge is -2.23. The number of hydrogen-bond donors (Lipinski definition) is 0. The fourth-order valence-electron chi connectivity index (χ4n) is 2.97. The van der Waals surface area contributed by atoms with E-state index < -0.39 is 0 Å². The molecule has 0 fully saturated rings. The van der Waals surface area contributed by atoms with E-state index in [0.717, 1.165) is 46.1 Å². The summed E-state index contributed by atoms with van der Waals surface area (Å²) >= 11 is 6.45. The maximum absolute atomic E-state index is 6.45. The molecule has 0 aliphatic heterocycles. The second-order valence-corrected chi connectivity index (χ2v) is 5.78. The van der Waals surface area contributed by atoms with Gasteiger partial charge in [0.1, 0.15) is 11.5 Å². The van der Waals surface area contributed by atoms with Crippen LogP contribution < -0.4 is 4.74 Å². The van der Waals surface area contributed by atoms with Gasteiger partial charge in [0.25, 0.3) is 0 Å². The van der Waals surface area contributed by atoms with Crippen LogP contribution in [0.25, 0.3) is 11.1 Å². The maximum atomic E-state index is 6.45. The Morgan fingerprint density at radius 2 is 1.78 bits per heavy atom. The second kappa shape index (κ2) is 6.93. The standard InChI is InChI=1S/C20H19ClO2/c1-22-15-8-5-7-14(13-15)16-10-6-12-19(23-2)20(16)17-9-3-4-11-18(17)21/h3-5,7-9,11-13H,6,10H2,1-2H3. The lowest BCUT2D eigenvalue weighted by molar-refractivity contribution is 0.308. The zero-order valence-electron chi connectivity index (χ0n) is 13.3. The SMILES string of the molecule is COC1=CCCC(c2cccc(OC)c2)=C1c1ccccc1Cl. The molecule has 118 valence electrons. The molecule has 23 heavy (non-hydrogen) atoms. The zero-order valence-corrected chi connectivity index (χ0v) is 14.1. The highest BCUT2D eigenvalue weighted by molar-refractivity contribution is 6.33. The molecule has 0 unspecified atom stereocenters. The van der Waals surface area contributed by atoms with E-state index in [9.17, 15) is 0 Å². The quantitative estimate of drug-likeness (QED) is 0.729. The highest BCUT2D eigenvalue weighted by Crippen LogP contribution is 2.41. The molecule has 0 atom stereocenters. The van der Waals surface area contributed by atoms with Gasteiger partial charge in [-0.25, -0.2) is 0 Å². The van der Waals surface area contributed by atoms with Crippen LogP contribution in [0.15, 0.2) is 60.4 Å². The number of ether oxygens (including phenoxy) is 2. The van der Waals surface area contributed by atoms with Crippen molar-refractivity contribution in [2.45, 2.75) is 12.8 Å². The van der Waals surface area contributed by atoms with Crippen molar-refractivity contribution < 1.29 is 9.47 Å². The Kier molecular flexibility index (Phi) is 4.73. The van der Waals surface area contributed by atoms with Crippen molar-refractivity contribution in [2.24, 2.45) is 0 Å². The molecular weight excluding hydrogens is 308 g/mol. The first kappa shape index (κ1) is 15.7. The predicted octanol–water partition coefficient (Wildman–Crippen LogP) is 5.58. The van der Waals surface area contributed by atoms with Crippen molar-refractivity contribution >= 4 is 22.7 Å². The van der Waals surface area contributed by atoms with Gasteiger partial charge in [0.2, 0.25) is 0 Å². The van der Waals surface area contributed by atoms with E-state index in [1.165, 1.54) is 5.57 Å². The number of rotatable bonds is 4. The molecule has 0 radical (unpaired) electrons. The molecule has 0 N–H and O–H groups in total. The van der Waals surface area contributed by atoms with Gasteiger partial charge in [0, 0.05) is 16.2 Å². The lowest BCUT2D eigenvalue weighted by atomic mass is 9.86. The Hall–Kier alpha value is -2.19. The topological polar surface area (TPSA) is 18.5 Å². The molecule has 0 amide bonds. The van der Waals surface area contributed by atoms with E-state index in [1.807, 2.05) is 36.4 Å². The largest absolute Gasteiger partial charge is 0.497 e. The van der Waals surface area contributed by atoms with Crippen LogP contribution >= 0.6 is 11.6 Å². The second-order valence-electron chi connectivity index (χ2n) is 5.38. The molecule has 2 aromatic rings. The predicted molar refractivity (Wildman–Crippen MR) is 95.6 cm³/mol. The highest BCUT2D eigenvalue weighted by Gasteiger charge is 2.21. The van der Waals surface area contributed by atoms with Crippen LogP contribution in [0, 0.1) is 0 Å². The van der Waals surface area contributed by atoms with Gasteiger partial charge in [-0.2, -0.15) is 0 Å². The van der Waals surface area contributed by atoms with Gasteiger partial charge < -0.3 is 9.47 Å². The first-order valence-electron chi connectivity index (χ1n) is 7.61. The van der Waals surface area contributed by atoms with Gasteiger partial charge in [-0.05, 0) is 48.3 Å². The molecule has 3 rings (SSSR count). The summed E-state index contributed by atoms with van der Waals surface area (Å²) in [5.41, 5.74) is 4.44. The van der Waals surface area contributed by atoms with Crippen LogP contribution in [0.1, 0.15) is 24.0 Å². The smallest absolute Gasteiger partial charge is 0.123 e. The average molecular weight is 327 g/mol. The summed E-state index contributed by atoms with van der Waals surface area (Å²) < 4.78 is 11.0. The summed E-state index contributed by atoms with van der Waals surface area (Å²) in [7, 11) is 3.39. The minimum atomic E-state index is 0.729. The van der Waals surface area contributed by atoms with E-state index in [0.29, 0.717) is 0 Å². The first-order valence-corrected chi connectivity index (χ1v) is 7.99. The third-order valence-electron chi connectivity index (χ3n) is 4.05. The lowest BCUT2D eigenvalue weighted by Crippen LogP contribution is -2.03. The van der Waals surface area contributed by atoms with E-state index >= 15 is 0 Å². The number of benzene rings is 2. The fourth-order valence-corrected chi connectivity index (χ4v) is 3.20. The third-order valence-corrected chi connectivity index (χ3v) is 4.38. The fraction of sp³-hybridized carbons (Fsp3) is 0.200. The minimum Gasteiger partial charge on any atom is -0.497 e. The van der Waals surface area contributed by atoms with Crippen molar-refractivity contribution in [1.29, 1.82) is 0 Å². The molecular formula is C20H19ClO2. The Morgan fingerprint density at radius 1 is 0.957 bits per heavy atom. The zero-order chi connectivity index (χ0) is 16.2. The van der Waals surface area contributed by atoms with Gasteiger partial charge in [-0.3, -0.25) is 0 Å². The van der Waals surface area contributed by atoms with Crippen molar-refractivity contribution in [3.8, 4) is 5.75 Å². The summed E-state index contributed by atoms with van der Waals surface area (Å²) in [6.07, 6.45) is 4.02. The molecule has 1 aliphatic rings. The van der Waals surface area contributed by atoms with Crippen LogP contribution in [0.5, 0.6) is 5.75 Å². The highest BCUT2D eigenvalue weighted by atomic mass is 35.5. The number of methoxy groups -OCH3 is 2. The molecule has 2 nitrogen and oxygen atoms in total. The molecule has 3 heteroatoms. The summed E-state index contributed by atoms with van der Waals surface area (Å²) in [4.78, 5) is 0. The van der Waals surface area contributed by atoms with Gasteiger partial charge in [0.05, 0.1) is 14.2 Å². The van der Waals surface area contributed by atoms with Gasteiger partial charge in [-0.15, -0.1) is 0 Å². The van der Waals surface area contributed by atoms with E-state index in [1.54, 1.807) is 14.2 Å². The minimum absolute atomic E-state index is 0.729. The van der Waals surface area contributed by atoms with E-state index in [4.69, 9.17) is 21.1 Å². The summed E-state index contributed by atoms with van der Waals surface area (Å²) in [6.45, 7) is 0. The van der Waals surface area contributed by atoms with Crippen molar-refractivity contribution in [1.82, 2.24) is 0 Å². The van der Waals surface area contributed by atoms with Crippen LogP contribution in [0.4, 0.5) is 0 Å². The third kappa shape index (κ3) is 3.13. The van der Waals surface area contributed by atoms with Crippen molar-refractivity contribution in [3.05, 3.63) is 76.5 Å². The first-order chi connectivity index (χ1) is 11.2. The molecule has 0 bridgehead atoms. The number of halogens is 1. The molecule has 0 heterocycles. The Bertz CT molecular complexity index is 775. The molecule has 0 saturated heterocycles. The molecule has 2 aromatic carbocycles.